The van der Waals surface area contributed by atoms with E-state index in [2.05, 4.69) is 4.98 Å². The first-order valence-corrected chi connectivity index (χ1v) is 4.26. The summed E-state index contributed by atoms with van der Waals surface area (Å²) >= 11 is 0. The molecule has 68 valence electrons. The molecular formula is C10H11NO2. The van der Waals surface area contributed by atoms with Gasteiger partial charge in [0.25, 0.3) is 0 Å². The van der Waals surface area contributed by atoms with E-state index in [9.17, 15) is 0 Å². The van der Waals surface area contributed by atoms with E-state index < -0.39 is 0 Å². The van der Waals surface area contributed by atoms with Gasteiger partial charge in [-0.25, -0.2) is 4.98 Å². The summed E-state index contributed by atoms with van der Waals surface area (Å²) in [6.45, 7) is 1.99. The van der Waals surface area contributed by atoms with E-state index in [1.165, 1.54) is 0 Å². The molecule has 3 heteroatoms. The highest BCUT2D eigenvalue weighted by molar-refractivity contribution is 5.73. The SMILES string of the molecule is Cc1nc2cc(CCO)ccc2o1. The third kappa shape index (κ3) is 1.55. The van der Waals surface area contributed by atoms with Crippen LogP contribution in [0.1, 0.15) is 11.5 Å². The summed E-state index contributed by atoms with van der Waals surface area (Å²) in [4.78, 5) is 4.21. The van der Waals surface area contributed by atoms with Crippen LogP contribution in [0.5, 0.6) is 0 Å². The largest absolute Gasteiger partial charge is 0.441 e. The number of hydrogen-bond acceptors (Lipinski definition) is 3. The second kappa shape index (κ2) is 3.18. The molecular weight excluding hydrogens is 166 g/mol. The molecule has 2 rings (SSSR count). The highest BCUT2D eigenvalue weighted by Crippen LogP contribution is 2.16. The van der Waals surface area contributed by atoms with Crippen LogP contribution in [0.25, 0.3) is 11.1 Å². The molecule has 0 aliphatic carbocycles. The molecule has 1 aromatic heterocycles. The van der Waals surface area contributed by atoms with Gasteiger partial charge in [-0.2, -0.15) is 0 Å². The number of hydrogen-bond donors (Lipinski definition) is 1. The summed E-state index contributed by atoms with van der Waals surface area (Å²) in [5, 5.41) is 8.75. The van der Waals surface area contributed by atoms with Crippen LogP contribution in [0.2, 0.25) is 0 Å². The van der Waals surface area contributed by atoms with Gasteiger partial charge in [-0.1, -0.05) is 6.07 Å². The Bertz CT molecular complexity index is 420. The van der Waals surface area contributed by atoms with E-state index in [1.807, 2.05) is 25.1 Å². The minimum absolute atomic E-state index is 0.169. The molecule has 0 saturated heterocycles. The maximum atomic E-state index is 8.75. The number of aliphatic hydroxyl groups excluding tert-OH is 1. The molecule has 0 bridgehead atoms. The van der Waals surface area contributed by atoms with Crippen LogP contribution in [0.4, 0.5) is 0 Å². The molecule has 1 heterocycles. The first-order valence-electron chi connectivity index (χ1n) is 4.26. The molecule has 0 unspecified atom stereocenters. The van der Waals surface area contributed by atoms with Crippen LogP contribution < -0.4 is 0 Å². The first kappa shape index (κ1) is 8.26. The van der Waals surface area contributed by atoms with Gasteiger partial charge in [0.15, 0.2) is 11.5 Å². The summed E-state index contributed by atoms with van der Waals surface area (Å²) < 4.78 is 5.33. The fraction of sp³-hybridized carbons (Fsp3) is 0.300. The zero-order valence-electron chi connectivity index (χ0n) is 7.45. The van der Waals surface area contributed by atoms with Gasteiger partial charge in [-0.15, -0.1) is 0 Å². The normalized spacial score (nSPS) is 10.9. The van der Waals surface area contributed by atoms with Gasteiger partial charge in [0.2, 0.25) is 0 Å². The lowest BCUT2D eigenvalue weighted by Gasteiger charge is -1.95. The Morgan fingerprint density at radius 1 is 1.46 bits per heavy atom. The van der Waals surface area contributed by atoms with Crippen LogP contribution >= 0.6 is 0 Å². The fourth-order valence-corrected chi connectivity index (χ4v) is 1.37. The highest BCUT2D eigenvalue weighted by Gasteiger charge is 2.02. The standard InChI is InChI=1S/C10H11NO2/c1-7-11-9-6-8(4-5-12)2-3-10(9)13-7/h2-3,6,12H,4-5H2,1H3. The molecule has 0 fully saturated rings. The third-order valence-corrected chi connectivity index (χ3v) is 1.96. The quantitative estimate of drug-likeness (QED) is 0.759. The number of fused-ring (bicyclic) bond motifs is 1. The molecule has 3 nitrogen and oxygen atoms in total. The molecule has 2 aromatic rings. The zero-order valence-corrected chi connectivity index (χ0v) is 7.45. The van der Waals surface area contributed by atoms with E-state index in [0.717, 1.165) is 16.7 Å². The highest BCUT2D eigenvalue weighted by atomic mass is 16.3. The molecule has 1 aromatic carbocycles. The molecule has 13 heavy (non-hydrogen) atoms. The van der Waals surface area contributed by atoms with Crippen molar-refractivity contribution < 1.29 is 9.52 Å². The van der Waals surface area contributed by atoms with E-state index in [4.69, 9.17) is 9.52 Å². The lowest BCUT2D eigenvalue weighted by atomic mass is 10.1. The van der Waals surface area contributed by atoms with Gasteiger partial charge >= 0.3 is 0 Å². The van der Waals surface area contributed by atoms with Gasteiger partial charge in [0.05, 0.1) is 0 Å². The van der Waals surface area contributed by atoms with Crippen molar-refractivity contribution in [3.05, 3.63) is 29.7 Å². The number of oxazole rings is 1. The van der Waals surface area contributed by atoms with E-state index >= 15 is 0 Å². The monoisotopic (exact) mass is 177 g/mol. The maximum absolute atomic E-state index is 8.75. The zero-order chi connectivity index (χ0) is 9.26. The summed E-state index contributed by atoms with van der Waals surface area (Å²) in [6, 6.07) is 5.78. The minimum Gasteiger partial charge on any atom is -0.441 e. The lowest BCUT2D eigenvalue weighted by Crippen LogP contribution is -1.89. The van der Waals surface area contributed by atoms with Gasteiger partial charge in [-0.05, 0) is 24.1 Å². The molecule has 0 atom stereocenters. The molecule has 0 aliphatic rings. The second-order valence-electron chi connectivity index (χ2n) is 3.01. The minimum atomic E-state index is 0.169. The van der Waals surface area contributed by atoms with E-state index in [-0.39, 0.29) is 6.61 Å². The molecule has 0 aliphatic heterocycles. The molecule has 0 radical (unpaired) electrons. The van der Waals surface area contributed by atoms with Crippen molar-refractivity contribution in [2.24, 2.45) is 0 Å². The summed E-state index contributed by atoms with van der Waals surface area (Å²) in [7, 11) is 0. The Balaban J connectivity index is 2.48. The smallest absolute Gasteiger partial charge is 0.192 e. The average Bonchev–Trinajstić information content (AvgIpc) is 2.44. The van der Waals surface area contributed by atoms with Crippen molar-refractivity contribution in [3.63, 3.8) is 0 Å². The van der Waals surface area contributed by atoms with Crippen molar-refractivity contribution in [1.29, 1.82) is 0 Å². The lowest BCUT2D eigenvalue weighted by molar-refractivity contribution is 0.299. The third-order valence-electron chi connectivity index (χ3n) is 1.96. The van der Waals surface area contributed by atoms with E-state index in [0.29, 0.717) is 12.3 Å². The van der Waals surface area contributed by atoms with Crippen LogP contribution in [0, 0.1) is 6.92 Å². The van der Waals surface area contributed by atoms with Gasteiger partial charge in [0.1, 0.15) is 5.52 Å². The Kier molecular flexibility index (Phi) is 2.02. The molecule has 0 amide bonds. The Hall–Kier alpha value is -1.35. The van der Waals surface area contributed by atoms with Gasteiger partial charge in [0, 0.05) is 13.5 Å². The van der Waals surface area contributed by atoms with Crippen molar-refractivity contribution in [3.8, 4) is 0 Å². The molecule has 1 N–H and O–H groups in total. The Morgan fingerprint density at radius 2 is 2.31 bits per heavy atom. The predicted molar refractivity (Wildman–Crippen MR) is 49.5 cm³/mol. The second-order valence-corrected chi connectivity index (χ2v) is 3.01. The summed E-state index contributed by atoms with van der Waals surface area (Å²) in [5.41, 5.74) is 2.76. The topological polar surface area (TPSA) is 46.3 Å². The maximum Gasteiger partial charge on any atom is 0.192 e. The first-order chi connectivity index (χ1) is 6.29. The number of aryl methyl sites for hydroxylation is 1. The van der Waals surface area contributed by atoms with Crippen LogP contribution in [0.15, 0.2) is 22.6 Å². The molecule has 0 saturated carbocycles. The average molecular weight is 177 g/mol. The number of nitrogens with zero attached hydrogens (tertiary/aromatic N) is 1. The van der Waals surface area contributed by atoms with Crippen LogP contribution in [0.3, 0.4) is 0 Å². The van der Waals surface area contributed by atoms with Crippen molar-refractivity contribution in [1.82, 2.24) is 4.98 Å². The van der Waals surface area contributed by atoms with E-state index in [1.54, 1.807) is 0 Å². The summed E-state index contributed by atoms with van der Waals surface area (Å²) in [6.07, 6.45) is 0.668. The predicted octanol–water partition coefficient (Wildman–Crippen LogP) is 1.67. The van der Waals surface area contributed by atoms with Crippen LogP contribution in [-0.2, 0) is 6.42 Å². The van der Waals surface area contributed by atoms with Crippen molar-refractivity contribution in [2.45, 2.75) is 13.3 Å². The number of aromatic nitrogens is 1. The molecule has 0 spiro atoms. The Morgan fingerprint density at radius 3 is 3.08 bits per heavy atom. The van der Waals surface area contributed by atoms with Gasteiger partial charge < -0.3 is 9.52 Å². The Labute approximate surface area is 76.0 Å². The number of benzene rings is 1. The number of aliphatic hydroxyl groups is 1. The van der Waals surface area contributed by atoms with Crippen molar-refractivity contribution in [2.75, 3.05) is 6.61 Å². The van der Waals surface area contributed by atoms with Crippen molar-refractivity contribution >= 4 is 11.1 Å². The number of rotatable bonds is 2. The van der Waals surface area contributed by atoms with Gasteiger partial charge in [-0.3, -0.25) is 0 Å². The van der Waals surface area contributed by atoms with Crippen LogP contribution in [-0.4, -0.2) is 16.7 Å². The fourth-order valence-electron chi connectivity index (χ4n) is 1.37. The summed E-state index contributed by atoms with van der Waals surface area (Å²) in [5.74, 6) is 0.677.